The first kappa shape index (κ1) is 23.0. The van der Waals surface area contributed by atoms with E-state index in [0.29, 0.717) is 30.3 Å². The van der Waals surface area contributed by atoms with Crippen LogP contribution in [0.4, 0.5) is 5.95 Å². The number of aryl methyl sites for hydroxylation is 3. The smallest absolute Gasteiger partial charge is 0.332 e. The molecule has 0 unspecified atom stereocenters. The number of rotatable bonds is 7. The van der Waals surface area contributed by atoms with Crippen LogP contribution in [0.2, 0.25) is 0 Å². The van der Waals surface area contributed by atoms with Crippen molar-refractivity contribution in [3.63, 3.8) is 0 Å². The van der Waals surface area contributed by atoms with Crippen LogP contribution in [0.1, 0.15) is 29.2 Å². The van der Waals surface area contributed by atoms with Gasteiger partial charge in [0.15, 0.2) is 11.2 Å². The molecule has 0 fully saturated rings. The number of hydrazone groups is 1. The molecule has 0 aliphatic carbocycles. The third-order valence-electron chi connectivity index (χ3n) is 5.75. The summed E-state index contributed by atoms with van der Waals surface area (Å²) in [6.07, 6.45) is 1.66. The lowest BCUT2D eigenvalue weighted by Gasteiger charge is -2.12. The average molecular weight is 461 g/mol. The maximum Gasteiger partial charge on any atom is 0.332 e. The Morgan fingerprint density at radius 1 is 1.06 bits per heavy atom. The van der Waals surface area contributed by atoms with Gasteiger partial charge >= 0.3 is 5.69 Å². The number of benzene rings is 2. The van der Waals surface area contributed by atoms with Crippen molar-refractivity contribution in [3.05, 3.63) is 85.6 Å². The first-order valence-corrected chi connectivity index (χ1v) is 11.0. The summed E-state index contributed by atoms with van der Waals surface area (Å²) in [5.74, 6) is 1.16. The molecular formula is C25H28N6O3. The van der Waals surface area contributed by atoms with Crippen LogP contribution in [0, 0.1) is 13.8 Å². The molecule has 0 bridgehead atoms. The molecule has 2 heterocycles. The van der Waals surface area contributed by atoms with Crippen LogP contribution in [0.3, 0.4) is 0 Å². The van der Waals surface area contributed by atoms with Crippen molar-refractivity contribution >= 4 is 23.3 Å². The van der Waals surface area contributed by atoms with Gasteiger partial charge in [-0.05, 0) is 61.7 Å². The second-order valence-electron chi connectivity index (χ2n) is 8.20. The number of hydrogen-bond acceptors (Lipinski definition) is 6. The van der Waals surface area contributed by atoms with Gasteiger partial charge < -0.3 is 4.74 Å². The minimum absolute atomic E-state index is 0.303. The summed E-state index contributed by atoms with van der Waals surface area (Å²) >= 11 is 0. The number of hydrogen-bond donors (Lipinski definition) is 1. The van der Waals surface area contributed by atoms with Crippen molar-refractivity contribution in [1.82, 2.24) is 18.7 Å². The van der Waals surface area contributed by atoms with E-state index in [9.17, 15) is 9.59 Å². The molecule has 9 heteroatoms. The molecular weight excluding hydrogens is 432 g/mol. The first-order valence-electron chi connectivity index (χ1n) is 11.0. The Kier molecular flexibility index (Phi) is 6.36. The fraction of sp³-hybridized carbons (Fsp3) is 0.280. The van der Waals surface area contributed by atoms with E-state index in [4.69, 9.17) is 4.74 Å². The van der Waals surface area contributed by atoms with E-state index in [2.05, 4.69) is 27.6 Å². The van der Waals surface area contributed by atoms with Crippen LogP contribution < -0.4 is 21.4 Å². The van der Waals surface area contributed by atoms with Crippen molar-refractivity contribution in [1.29, 1.82) is 0 Å². The van der Waals surface area contributed by atoms with Crippen molar-refractivity contribution in [2.24, 2.45) is 19.2 Å². The predicted molar refractivity (Wildman–Crippen MR) is 134 cm³/mol. The van der Waals surface area contributed by atoms with E-state index in [1.165, 1.54) is 11.6 Å². The highest BCUT2D eigenvalue weighted by Crippen LogP contribution is 2.20. The molecule has 1 N–H and O–H groups in total. The molecule has 34 heavy (non-hydrogen) atoms. The number of fused-ring (bicyclic) bond motifs is 1. The molecule has 0 saturated heterocycles. The second-order valence-corrected chi connectivity index (χ2v) is 8.20. The number of nitrogens with zero attached hydrogens (tertiary/aromatic N) is 5. The zero-order chi connectivity index (χ0) is 24.4. The van der Waals surface area contributed by atoms with Crippen LogP contribution in [-0.4, -0.2) is 31.5 Å². The fourth-order valence-electron chi connectivity index (χ4n) is 3.81. The molecule has 0 saturated carbocycles. The van der Waals surface area contributed by atoms with Crippen LogP contribution in [0.5, 0.6) is 5.75 Å². The van der Waals surface area contributed by atoms with E-state index < -0.39 is 11.2 Å². The van der Waals surface area contributed by atoms with Crippen molar-refractivity contribution in [2.75, 3.05) is 12.0 Å². The Morgan fingerprint density at radius 3 is 2.50 bits per heavy atom. The van der Waals surface area contributed by atoms with Gasteiger partial charge in [-0.3, -0.25) is 18.5 Å². The lowest BCUT2D eigenvalue weighted by atomic mass is 10.1. The highest BCUT2D eigenvalue weighted by Gasteiger charge is 2.19. The minimum atomic E-state index is -0.432. The van der Waals surface area contributed by atoms with E-state index in [1.54, 1.807) is 17.8 Å². The number of nitrogens with one attached hydrogen (secondary N) is 1. The molecule has 0 radical (unpaired) electrons. The minimum Gasteiger partial charge on any atom is -0.494 e. The van der Waals surface area contributed by atoms with E-state index in [0.717, 1.165) is 32.6 Å². The summed E-state index contributed by atoms with van der Waals surface area (Å²) in [7, 11) is 3.07. The maximum absolute atomic E-state index is 13.1. The zero-order valence-corrected chi connectivity index (χ0v) is 20.0. The molecule has 2 aromatic heterocycles. The quantitative estimate of drug-likeness (QED) is 0.338. The van der Waals surface area contributed by atoms with Gasteiger partial charge in [-0.1, -0.05) is 23.8 Å². The Morgan fingerprint density at radius 2 is 1.79 bits per heavy atom. The van der Waals surface area contributed by atoms with Gasteiger partial charge in [-0.25, -0.2) is 10.2 Å². The van der Waals surface area contributed by atoms with Crippen molar-refractivity contribution in [2.45, 2.75) is 27.3 Å². The highest BCUT2D eigenvalue weighted by molar-refractivity contribution is 5.80. The molecule has 0 aliphatic rings. The molecule has 9 nitrogen and oxygen atoms in total. The predicted octanol–water partition coefficient (Wildman–Crippen LogP) is 2.94. The largest absolute Gasteiger partial charge is 0.494 e. The second kappa shape index (κ2) is 9.38. The standard InChI is InChI=1S/C25H28N6O3/c1-6-34-20-11-9-18(10-12-20)14-26-28-24-27-22-21(23(32)30(5)25(33)29(22)4)31(24)15-19-13-16(2)7-8-17(19)3/h7-14H,6,15H2,1-5H3,(H,27,28)/b26-14-. The highest BCUT2D eigenvalue weighted by atomic mass is 16.5. The Balaban J connectivity index is 1.77. The van der Waals surface area contributed by atoms with Gasteiger partial charge in [0, 0.05) is 14.1 Å². The lowest BCUT2D eigenvalue weighted by molar-refractivity contribution is 0.340. The molecule has 4 rings (SSSR count). The van der Waals surface area contributed by atoms with Crippen LogP contribution >= 0.6 is 0 Å². The molecule has 176 valence electrons. The first-order chi connectivity index (χ1) is 16.3. The summed E-state index contributed by atoms with van der Waals surface area (Å²) in [4.78, 5) is 30.1. The number of aromatic nitrogens is 4. The van der Waals surface area contributed by atoms with Crippen LogP contribution in [0.15, 0.2) is 57.2 Å². The molecule has 0 spiro atoms. The Labute approximate surface area is 196 Å². The number of ether oxygens (including phenoxy) is 1. The topological polar surface area (TPSA) is 95.4 Å². The third-order valence-corrected chi connectivity index (χ3v) is 5.75. The van der Waals surface area contributed by atoms with Gasteiger partial charge in [-0.15, -0.1) is 0 Å². The molecule has 0 aliphatic heterocycles. The van der Waals surface area contributed by atoms with Crippen LogP contribution in [0.25, 0.3) is 11.2 Å². The zero-order valence-electron chi connectivity index (χ0n) is 20.0. The van der Waals surface area contributed by atoms with Gasteiger partial charge in [0.1, 0.15) is 5.75 Å². The van der Waals surface area contributed by atoms with Gasteiger partial charge in [0.05, 0.1) is 19.4 Å². The average Bonchev–Trinajstić information content (AvgIpc) is 3.18. The van der Waals surface area contributed by atoms with E-state index in [1.807, 2.05) is 51.1 Å². The third kappa shape index (κ3) is 4.36. The molecule has 0 atom stereocenters. The van der Waals surface area contributed by atoms with Gasteiger partial charge in [0.2, 0.25) is 5.95 Å². The summed E-state index contributed by atoms with van der Waals surface area (Å²) in [5, 5.41) is 4.33. The summed E-state index contributed by atoms with van der Waals surface area (Å²) in [6, 6.07) is 13.7. The maximum atomic E-state index is 13.1. The fourth-order valence-corrected chi connectivity index (χ4v) is 3.81. The normalized spacial score (nSPS) is 11.4. The van der Waals surface area contributed by atoms with Gasteiger partial charge in [0.25, 0.3) is 5.56 Å². The van der Waals surface area contributed by atoms with E-state index in [-0.39, 0.29) is 0 Å². The molecule has 4 aromatic rings. The van der Waals surface area contributed by atoms with Gasteiger partial charge in [-0.2, -0.15) is 10.1 Å². The SMILES string of the molecule is CCOc1ccc(/C=N\Nc2nc3c(c(=O)n(C)c(=O)n3C)n2Cc2cc(C)ccc2C)cc1. The summed E-state index contributed by atoms with van der Waals surface area (Å²) < 4.78 is 9.71. The van der Waals surface area contributed by atoms with Crippen molar-refractivity contribution in [3.8, 4) is 5.75 Å². The monoisotopic (exact) mass is 460 g/mol. The van der Waals surface area contributed by atoms with E-state index >= 15 is 0 Å². The Hall–Kier alpha value is -4.14. The summed E-state index contributed by atoms with van der Waals surface area (Å²) in [6.45, 7) is 7.00. The molecule has 2 aromatic carbocycles. The molecule has 0 amide bonds. The lowest BCUT2D eigenvalue weighted by Crippen LogP contribution is -2.37. The van der Waals surface area contributed by atoms with Crippen LogP contribution in [-0.2, 0) is 20.6 Å². The number of anilines is 1. The van der Waals surface area contributed by atoms with Crippen molar-refractivity contribution < 1.29 is 4.74 Å². The number of imidazole rings is 1. The Bertz CT molecular complexity index is 1490. The summed E-state index contributed by atoms with van der Waals surface area (Å²) in [5.41, 5.74) is 6.91.